The molecular weight excluding hydrogens is 364 g/mol. The Morgan fingerprint density at radius 3 is 2.44 bits per heavy atom. The highest BCUT2D eigenvalue weighted by Gasteiger charge is 2.28. The van der Waals surface area contributed by atoms with Crippen LogP contribution in [0.3, 0.4) is 0 Å². The molecule has 1 amide bonds. The molecule has 0 aliphatic rings. The minimum Gasteiger partial charge on any atom is -0.467 e. The second kappa shape index (κ2) is 7.94. The monoisotopic (exact) mass is 386 g/mol. The Labute approximate surface area is 158 Å². The summed E-state index contributed by atoms with van der Waals surface area (Å²) in [5, 5.41) is 4.49. The second-order valence-electron chi connectivity index (χ2n) is 6.65. The molecule has 1 aromatic heterocycles. The standard InChI is InChI=1S/C20H22N2O4S/c1-14(2)19(20(23)21-13-17-8-5-11-26-17)22-27(24,25)18-10-9-15-6-3-4-7-16(15)12-18/h3-12,14,19,22H,13H2,1-2H3,(H,21,23)/t19-/m1/s1. The molecule has 142 valence electrons. The fourth-order valence-corrected chi connectivity index (χ4v) is 4.14. The summed E-state index contributed by atoms with van der Waals surface area (Å²) in [6.45, 7) is 3.78. The largest absolute Gasteiger partial charge is 0.467 e. The summed E-state index contributed by atoms with van der Waals surface area (Å²) in [5.74, 6) is -0.0224. The van der Waals surface area contributed by atoms with E-state index >= 15 is 0 Å². The van der Waals surface area contributed by atoms with Crippen molar-refractivity contribution in [1.82, 2.24) is 10.0 Å². The van der Waals surface area contributed by atoms with Crippen molar-refractivity contribution < 1.29 is 17.6 Å². The average molecular weight is 386 g/mol. The Morgan fingerprint density at radius 2 is 1.78 bits per heavy atom. The minimum absolute atomic E-state index is 0.130. The Bertz CT molecular complexity index is 1030. The Kier molecular flexibility index (Phi) is 5.62. The summed E-state index contributed by atoms with van der Waals surface area (Å²) in [4.78, 5) is 12.7. The van der Waals surface area contributed by atoms with E-state index in [0.29, 0.717) is 5.76 Å². The molecule has 1 heterocycles. The third-order valence-corrected chi connectivity index (χ3v) is 5.72. The van der Waals surface area contributed by atoms with E-state index in [0.717, 1.165) is 10.8 Å². The van der Waals surface area contributed by atoms with Crippen LogP contribution in [0.1, 0.15) is 19.6 Å². The zero-order chi connectivity index (χ0) is 19.4. The van der Waals surface area contributed by atoms with E-state index in [-0.39, 0.29) is 17.4 Å². The van der Waals surface area contributed by atoms with Gasteiger partial charge in [0.1, 0.15) is 11.8 Å². The number of rotatable bonds is 7. The number of furan rings is 1. The third kappa shape index (κ3) is 4.56. The normalized spacial score (nSPS) is 13.0. The van der Waals surface area contributed by atoms with Gasteiger partial charge in [-0.2, -0.15) is 4.72 Å². The molecule has 1 atom stereocenters. The molecule has 0 aliphatic carbocycles. The van der Waals surface area contributed by atoms with Crippen molar-refractivity contribution >= 4 is 26.7 Å². The first-order chi connectivity index (χ1) is 12.9. The molecule has 7 heteroatoms. The molecule has 0 aliphatic heterocycles. The lowest BCUT2D eigenvalue weighted by Crippen LogP contribution is -2.49. The van der Waals surface area contributed by atoms with Crippen LogP contribution in [0.25, 0.3) is 10.8 Å². The molecule has 27 heavy (non-hydrogen) atoms. The van der Waals surface area contributed by atoms with E-state index in [4.69, 9.17) is 4.42 Å². The van der Waals surface area contributed by atoms with Crippen LogP contribution < -0.4 is 10.0 Å². The molecule has 0 fully saturated rings. The molecule has 0 bridgehead atoms. The maximum absolute atomic E-state index is 12.8. The summed E-state index contributed by atoms with van der Waals surface area (Å²) in [6.07, 6.45) is 1.52. The van der Waals surface area contributed by atoms with Gasteiger partial charge in [0.15, 0.2) is 0 Å². The fourth-order valence-electron chi connectivity index (χ4n) is 2.76. The van der Waals surface area contributed by atoms with Crippen LogP contribution in [0.4, 0.5) is 0 Å². The van der Waals surface area contributed by atoms with E-state index in [1.54, 1.807) is 44.2 Å². The molecular formula is C20H22N2O4S. The quantitative estimate of drug-likeness (QED) is 0.653. The highest BCUT2D eigenvalue weighted by atomic mass is 32.2. The van der Waals surface area contributed by atoms with Crippen molar-refractivity contribution in [3.63, 3.8) is 0 Å². The van der Waals surface area contributed by atoms with Gasteiger partial charge in [0.05, 0.1) is 17.7 Å². The van der Waals surface area contributed by atoms with Crippen LogP contribution >= 0.6 is 0 Å². The van der Waals surface area contributed by atoms with Crippen LogP contribution in [0.5, 0.6) is 0 Å². The number of nitrogens with one attached hydrogen (secondary N) is 2. The van der Waals surface area contributed by atoms with Crippen molar-refractivity contribution in [2.24, 2.45) is 5.92 Å². The van der Waals surface area contributed by atoms with Gasteiger partial charge in [-0.05, 0) is 41.0 Å². The van der Waals surface area contributed by atoms with Gasteiger partial charge in [-0.25, -0.2) is 8.42 Å². The van der Waals surface area contributed by atoms with E-state index in [9.17, 15) is 13.2 Å². The van der Waals surface area contributed by atoms with Gasteiger partial charge < -0.3 is 9.73 Å². The number of hydrogen-bond donors (Lipinski definition) is 2. The molecule has 0 saturated carbocycles. The molecule has 0 spiro atoms. The first-order valence-electron chi connectivity index (χ1n) is 8.68. The van der Waals surface area contributed by atoms with Gasteiger partial charge in [-0.15, -0.1) is 0 Å². The first kappa shape index (κ1) is 19.1. The fraction of sp³-hybridized carbons (Fsp3) is 0.250. The zero-order valence-electron chi connectivity index (χ0n) is 15.2. The van der Waals surface area contributed by atoms with Gasteiger partial charge in [-0.1, -0.05) is 44.2 Å². The Morgan fingerprint density at radius 1 is 1.04 bits per heavy atom. The van der Waals surface area contributed by atoms with Crippen molar-refractivity contribution in [2.75, 3.05) is 0 Å². The number of carbonyl (C=O) groups excluding carboxylic acids is 1. The van der Waals surface area contributed by atoms with E-state index in [2.05, 4.69) is 10.0 Å². The molecule has 0 radical (unpaired) electrons. The number of fused-ring (bicyclic) bond motifs is 1. The topological polar surface area (TPSA) is 88.4 Å². The second-order valence-corrected chi connectivity index (χ2v) is 8.36. The van der Waals surface area contributed by atoms with Gasteiger partial charge in [0, 0.05) is 0 Å². The van der Waals surface area contributed by atoms with Crippen LogP contribution in [0, 0.1) is 5.92 Å². The van der Waals surface area contributed by atoms with Gasteiger partial charge in [0.2, 0.25) is 15.9 Å². The molecule has 3 aromatic rings. The van der Waals surface area contributed by atoms with Gasteiger partial charge in [0.25, 0.3) is 0 Å². The number of amides is 1. The van der Waals surface area contributed by atoms with Crippen molar-refractivity contribution in [2.45, 2.75) is 31.3 Å². The SMILES string of the molecule is CC(C)[C@@H](NS(=O)(=O)c1ccc2ccccc2c1)C(=O)NCc1ccco1. The number of benzene rings is 2. The van der Waals surface area contributed by atoms with Crippen molar-refractivity contribution in [1.29, 1.82) is 0 Å². The Balaban J connectivity index is 1.78. The van der Waals surface area contributed by atoms with Crippen LogP contribution in [0.2, 0.25) is 0 Å². The third-order valence-electron chi connectivity index (χ3n) is 4.28. The van der Waals surface area contributed by atoms with Crippen LogP contribution in [-0.2, 0) is 21.4 Å². The Hall–Kier alpha value is -2.64. The van der Waals surface area contributed by atoms with E-state index in [1.165, 1.54) is 6.26 Å². The summed E-state index contributed by atoms with van der Waals surface area (Å²) < 4.78 is 33.4. The average Bonchev–Trinajstić information content (AvgIpc) is 3.17. The summed E-state index contributed by atoms with van der Waals surface area (Å²) >= 11 is 0. The number of hydrogen-bond acceptors (Lipinski definition) is 4. The molecule has 2 N–H and O–H groups in total. The zero-order valence-corrected chi connectivity index (χ0v) is 16.0. The van der Waals surface area contributed by atoms with Crippen LogP contribution in [-0.4, -0.2) is 20.4 Å². The maximum atomic E-state index is 12.8. The number of sulfonamides is 1. The predicted octanol–water partition coefficient (Wildman–Crippen LogP) is 3.05. The molecule has 0 saturated heterocycles. The van der Waals surface area contributed by atoms with E-state index in [1.807, 2.05) is 24.3 Å². The summed E-state index contributed by atoms with van der Waals surface area (Å²) in [7, 11) is -3.85. The molecule has 2 aromatic carbocycles. The van der Waals surface area contributed by atoms with Gasteiger partial charge in [-0.3, -0.25) is 4.79 Å². The van der Waals surface area contributed by atoms with Gasteiger partial charge >= 0.3 is 0 Å². The maximum Gasteiger partial charge on any atom is 0.241 e. The van der Waals surface area contributed by atoms with Crippen molar-refractivity contribution in [3.05, 3.63) is 66.6 Å². The smallest absolute Gasteiger partial charge is 0.241 e. The predicted molar refractivity (Wildman–Crippen MR) is 103 cm³/mol. The lowest BCUT2D eigenvalue weighted by atomic mass is 10.1. The highest BCUT2D eigenvalue weighted by Crippen LogP contribution is 2.19. The highest BCUT2D eigenvalue weighted by molar-refractivity contribution is 7.89. The summed E-state index contributed by atoms with van der Waals surface area (Å²) in [6, 6.07) is 15.0. The molecule has 3 rings (SSSR count). The minimum atomic E-state index is -3.85. The van der Waals surface area contributed by atoms with E-state index < -0.39 is 22.0 Å². The van der Waals surface area contributed by atoms with Crippen LogP contribution in [0.15, 0.2) is 70.2 Å². The summed E-state index contributed by atoms with van der Waals surface area (Å²) in [5.41, 5.74) is 0. The lowest BCUT2D eigenvalue weighted by molar-refractivity contribution is -0.123. The lowest BCUT2D eigenvalue weighted by Gasteiger charge is -2.21. The van der Waals surface area contributed by atoms with Crippen molar-refractivity contribution in [3.8, 4) is 0 Å². The molecule has 6 nitrogen and oxygen atoms in total. The molecule has 0 unspecified atom stereocenters. The first-order valence-corrected chi connectivity index (χ1v) is 10.2. The number of carbonyl (C=O) groups is 1.